The fraction of sp³-hybridized carbons (Fsp3) is 0.889. The van der Waals surface area contributed by atoms with Crippen LogP contribution >= 0.6 is 0 Å². The summed E-state index contributed by atoms with van der Waals surface area (Å²) in [5, 5.41) is 9.71. The lowest BCUT2D eigenvalue weighted by atomic mass is 9.71. The normalized spacial score (nSPS) is 26.6. The van der Waals surface area contributed by atoms with E-state index in [0.717, 1.165) is 12.8 Å². The quantitative estimate of drug-likeness (QED) is 0.613. The number of nitrogens with two attached hydrogens (primary N) is 1. The van der Waals surface area contributed by atoms with E-state index < -0.39 is 11.5 Å². The Bertz CT molecular complexity index is 189. The van der Waals surface area contributed by atoms with Gasteiger partial charge in [-0.2, -0.15) is 0 Å². The molecule has 1 saturated carbocycles. The van der Waals surface area contributed by atoms with Gasteiger partial charge in [-0.3, -0.25) is 4.79 Å². The minimum absolute atomic E-state index is 0.252. The second-order valence-corrected chi connectivity index (χ2v) is 4.56. The van der Waals surface area contributed by atoms with Crippen LogP contribution in [0.15, 0.2) is 0 Å². The Hall–Kier alpha value is -0.570. The third-order valence-electron chi connectivity index (χ3n) is 2.89. The topological polar surface area (TPSA) is 63.3 Å². The van der Waals surface area contributed by atoms with Gasteiger partial charge in [-0.05, 0) is 31.1 Å². The van der Waals surface area contributed by atoms with Gasteiger partial charge >= 0.3 is 0 Å². The van der Waals surface area contributed by atoms with Crippen molar-refractivity contribution in [2.75, 3.05) is 0 Å². The third kappa shape index (κ3) is 1.78. The molecule has 12 heavy (non-hydrogen) atoms. The highest BCUT2D eigenvalue weighted by molar-refractivity contribution is 5.83. The molecule has 70 valence electrons. The standard InChI is InChI=1S/C9H17NO2/c1-8(2)3-5-9(12,6-4-8)7(10)11/h12H,3-6H2,1-2H3,(H2,10,11). The van der Waals surface area contributed by atoms with Gasteiger partial charge in [0, 0.05) is 0 Å². The molecule has 1 aliphatic rings. The first-order valence-corrected chi connectivity index (χ1v) is 4.38. The first kappa shape index (κ1) is 9.52. The van der Waals surface area contributed by atoms with Gasteiger partial charge in [0.15, 0.2) is 0 Å². The molecule has 3 N–H and O–H groups in total. The molecule has 0 aromatic heterocycles. The summed E-state index contributed by atoms with van der Waals surface area (Å²) in [4.78, 5) is 10.9. The number of aliphatic hydroxyl groups is 1. The maximum Gasteiger partial charge on any atom is 0.249 e. The van der Waals surface area contributed by atoms with Crippen LogP contribution in [0.2, 0.25) is 0 Å². The van der Waals surface area contributed by atoms with Crippen LogP contribution < -0.4 is 5.73 Å². The van der Waals surface area contributed by atoms with Gasteiger partial charge in [-0.15, -0.1) is 0 Å². The fourth-order valence-electron chi connectivity index (χ4n) is 1.59. The molecule has 1 fully saturated rings. The van der Waals surface area contributed by atoms with Gasteiger partial charge in [0.25, 0.3) is 0 Å². The average molecular weight is 171 g/mol. The predicted octanol–water partition coefficient (Wildman–Crippen LogP) is 0.803. The summed E-state index contributed by atoms with van der Waals surface area (Å²) in [5.74, 6) is -0.571. The Morgan fingerprint density at radius 3 is 2.00 bits per heavy atom. The van der Waals surface area contributed by atoms with Gasteiger partial charge in [-0.1, -0.05) is 13.8 Å². The molecular weight excluding hydrogens is 154 g/mol. The monoisotopic (exact) mass is 171 g/mol. The molecule has 0 heterocycles. The second kappa shape index (κ2) is 2.73. The molecule has 3 nitrogen and oxygen atoms in total. The molecule has 0 aromatic rings. The zero-order valence-corrected chi connectivity index (χ0v) is 7.76. The summed E-state index contributed by atoms with van der Waals surface area (Å²) >= 11 is 0. The molecule has 0 unspecified atom stereocenters. The third-order valence-corrected chi connectivity index (χ3v) is 2.89. The molecule has 0 aromatic carbocycles. The molecule has 0 aliphatic heterocycles. The summed E-state index contributed by atoms with van der Waals surface area (Å²) in [6.07, 6.45) is 2.75. The molecule has 0 atom stereocenters. The zero-order chi connectivity index (χ0) is 9.41. The Labute approximate surface area is 72.9 Å². The van der Waals surface area contributed by atoms with Crippen LogP contribution in [-0.2, 0) is 4.79 Å². The van der Waals surface area contributed by atoms with Crippen LogP contribution in [-0.4, -0.2) is 16.6 Å². The van der Waals surface area contributed by atoms with E-state index in [1.54, 1.807) is 0 Å². The van der Waals surface area contributed by atoms with Crippen LogP contribution in [0.1, 0.15) is 39.5 Å². The number of primary amides is 1. The molecule has 1 rings (SSSR count). The minimum Gasteiger partial charge on any atom is -0.380 e. The molecule has 3 heteroatoms. The molecule has 0 radical (unpaired) electrons. The van der Waals surface area contributed by atoms with Crippen molar-refractivity contribution < 1.29 is 9.90 Å². The lowest BCUT2D eigenvalue weighted by Gasteiger charge is -2.38. The molecule has 0 spiro atoms. The number of rotatable bonds is 1. The van der Waals surface area contributed by atoms with Crippen LogP contribution in [0.25, 0.3) is 0 Å². The van der Waals surface area contributed by atoms with Crippen molar-refractivity contribution in [1.29, 1.82) is 0 Å². The maximum atomic E-state index is 10.9. The Morgan fingerprint density at radius 1 is 1.25 bits per heavy atom. The molecule has 1 amide bonds. The summed E-state index contributed by atoms with van der Waals surface area (Å²) in [5.41, 5.74) is 4.13. The summed E-state index contributed by atoms with van der Waals surface area (Å²) in [7, 11) is 0. The van der Waals surface area contributed by atoms with Crippen molar-refractivity contribution >= 4 is 5.91 Å². The van der Waals surface area contributed by atoms with E-state index in [2.05, 4.69) is 13.8 Å². The molecule has 1 aliphatic carbocycles. The number of carbonyl (C=O) groups is 1. The SMILES string of the molecule is CC1(C)CCC(O)(C(N)=O)CC1. The van der Waals surface area contributed by atoms with Crippen molar-refractivity contribution in [2.45, 2.75) is 45.1 Å². The van der Waals surface area contributed by atoms with Crippen molar-refractivity contribution in [3.8, 4) is 0 Å². The number of amides is 1. The van der Waals surface area contributed by atoms with Crippen LogP contribution in [0.3, 0.4) is 0 Å². The van der Waals surface area contributed by atoms with Crippen LogP contribution in [0.5, 0.6) is 0 Å². The van der Waals surface area contributed by atoms with Gasteiger partial charge < -0.3 is 10.8 Å². The van der Waals surface area contributed by atoms with Crippen molar-refractivity contribution in [1.82, 2.24) is 0 Å². The Kier molecular flexibility index (Phi) is 2.17. The van der Waals surface area contributed by atoms with Gasteiger partial charge in [-0.25, -0.2) is 0 Å². The smallest absolute Gasteiger partial charge is 0.249 e. The molecule has 0 bridgehead atoms. The number of hydrogen-bond acceptors (Lipinski definition) is 2. The molecular formula is C9H17NO2. The van der Waals surface area contributed by atoms with E-state index in [1.165, 1.54) is 0 Å². The predicted molar refractivity (Wildman–Crippen MR) is 46.4 cm³/mol. The summed E-state index contributed by atoms with van der Waals surface area (Å²) in [6.45, 7) is 4.29. The van der Waals surface area contributed by atoms with Crippen LogP contribution in [0, 0.1) is 5.41 Å². The first-order valence-electron chi connectivity index (χ1n) is 4.38. The van der Waals surface area contributed by atoms with E-state index in [-0.39, 0.29) is 5.41 Å². The Balaban J connectivity index is 2.62. The minimum atomic E-state index is -1.23. The van der Waals surface area contributed by atoms with Gasteiger partial charge in [0.2, 0.25) is 5.91 Å². The van der Waals surface area contributed by atoms with Gasteiger partial charge in [0.05, 0.1) is 0 Å². The van der Waals surface area contributed by atoms with E-state index in [9.17, 15) is 9.90 Å². The first-order chi connectivity index (χ1) is 5.36. The number of carbonyl (C=O) groups excluding carboxylic acids is 1. The van der Waals surface area contributed by atoms with Gasteiger partial charge in [0.1, 0.15) is 5.60 Å². The highest BCUT2D eigenvalue weighted by Gasteiger charge is 2.40. The summed E-state index contributed by atoms with van der Waals surface area (Å²) < 4.78 is 0. The maximum absolute atomic E-state index is 10.9. The highest BCUT2D eigenvalue weighted by Crippen LogP contribution is 2.39. The van der Waals surface area contributed by atoms with E-state index >= 15 is 0 Å². The van der Waals surface area contributed by atoms with Crippen molar-refractivity contribution in [3.63, 3.8) is 0 Å². The van der Waals surface area contributed by atoms with E-state index in [4.69, 9.17) is 5.73 Å². The lowest BCUT2D eigenvalue weighted by Crippen LogP contribution is -2.47. The zero-order valence-electron chi connectivity index (χ0n) is 7.76. The largest absolute Gasteiger partial charge is 0.380 e. The average Bonchev–Trinajstić information content (AvgIpc) is 1.96. The van der Waals surface area contributed by atoms with E-state index in [0.29, 0.717) is 12.8 Å². The fourth-order valence-corrected chi connectivity index (χ4v) is 1.59. The second-order valence-electron chi connectivity index (χ2n) is 4.56. The number of hydrogen-bond donors (Lipinski definition) is 2. The molecule has 0 saturated heterocycles. The lowest BCUT2D eigenvalue weighted by molar-refractivity contribution is -0.141. The Morgan fingerprint density at radius 2 is 1.67 bits per heavy atom. The van der Waals surface area contributed by atoms with Crippen LogP contribution in [0.4, 0.5) is 0 Å². The van der Waals surface area contributed by atoms with E-state index in [1.807, 2.05) is 0 Å². The van der Waals surface area contributed by atoms with Crippen molar-refractivity contribution in [2.24, 2.45) is 11.1 Å². The summed E-state index contributed by atoms with van der Waals surface area (Å²) in [6, 6.07) is 0. The highest BCUT2D eigenvalue weighted by atomic mass is 16.3. The van der Waals surface area contributed by atoms with Crippen molar-refractivity contribution in [3.05, 3.63) is 0 Å².